The summed E-state index contributed by atoms with van der Waals surface area (Å²) in [6, 6.07) is 10.6. The second kappa shape index (κ2) is 8.07. The Hall–Kier alpha value is -2.60. The molecule has 170 valence electrons. The molecule has 2 aromatic rings. The molecule has 1 N–H and O–H groups in total. The zero-order chi connectivity index (χ0) is 22.5. The van der Waals surface area contributed by atoms with E-state index < -0.39 is 6.09 Å². The molecule has 2 atom stereocenters. The third-order valence-electron chi connectivity index (χ3n) is 7.46. The van der Waals surface area contributed by atoms with Crippen molar-refractivity contribution in [3.63, 3.8) is 0 Å². The fraction of sp³-hybridized carbons (Fsp3) is 0.500. The quantitative estimate of drug-likeness (QED) is 0.734. The topological polar surface area (TPSA) is 50.8 Å². The zero-order valence-corrected chi connectivity index (χ0v) is 19.0. The molecule has 3 fully saturated rings. The van der Waals surface area contributed by atoms with Crippen LogP contribution in [0.25, 0.3) is 11.1 Å². The number of hydrogen-bond donors (Lipinski definition) is 1. The second-order valence-electron chi connectivity index (χ2n) is 10.1. The first kappa shape index (κ1) is 21.3. The van der Waals surface area contributed by atoms with Crippen LogP contribution in [0.15, 0.2) is 36.4 Å². The van der Waals surface area contributed by atoms with Crippen LogP contribution in [0.2, 0.25) is 0 Å². The van der Waals surface area contributed by atoms with Gasteiger partial charge < -0.3 is 14.8 Å². The number of nitrogens with one attached hydrogen (secondary N) is 1. The van der Waals surface area contributed by atoms with Crippen molar-refractivity contribution in [1.82, 2.24) is 10.2 Å². The van der Waals surface area contributed by atoms with E-state index in [1.165, 1.54) is 0 Å². The van der Waals surface area contributed by atoms with Gasteiger partial charge in [-0.25, -0.2) is 9.18 Å². The molecule has 2 bridgehead atoms. The van der Waals surface area contributed by atoms with Crippen LogP contribution < -0.4 is 10.1 Å². The summed E-state index contributed by atoms with van der Waals surface area (Å²) >= 11 is 0. The number of methoxy groups -OCH3 is 1. The van der Waals surface area contributed by atoms with E-state index in [4.69, 9.17) is 9.47 Å². The van der Waals surface area contributed by atoms with E-state index >= 15 is 4.39 Å². The van der Waals surface area contributed by atoms with Gasteiger partial charge in [-0.15, -0.1) is 0 Å². The summed E-state index contributed by atoms with van der Waals surface area (Å²) in [5, 5.41) is 3.07. The van der Waals surface area contributed by atoms with Crippen LogP contribution in [0.1, 0.15) is 43.9 Å². The van der Waals surface area contributed by atoms with Gasteiger partial charge in [0.05, 0.1) is 13.2 Å². The molecule has 0 saturated carbocycles. The molecule has 6 heteroatoms. The lowest BCUT2D eigenvalue weighted by Crippen LogP contribution is -2.53. The highest BCUT2D eigenvalue weighted by molar-refractivity contribution is 5.71. The third-order valence-corrected chi connectivity index (χ3v) is 7.46. The van der Waals surface area contributed by atoms with Gasteiger partial charge in [0.1, 0.15) is 17.7 Å². The monoisotopic (exact) mass is 438 g/mol. The molecule has 4 aliphatic rings. The molecule has 1 amide bonds. The summed E-state index contributed by atoms with van der Waals surface area (Å²) in [5.41, 5.74) is 2.98. The first-order valence-electron chi connectivity index (χ1n) is 11.5. The molecule has 3 aliphatic heterocycles. The first-order valence-corrected chi connectivity index (χ1v) is 11.5. The van der Waals surface area contributed by atoms with Crippen LogP contribution in [-0.2, 0) is 11.2 Å². The Bertz CT molecular complexity index is 1030. The lowest BCUT2D eigenvalue weighted by Gasteiger charge is -2.44. The predicted octanol–water partition coefficient (Wildman–Crippen LogP) is 4.95. The Labute approximate surface area is 188 Å². The van der Waals surface area contributed by atoms with Crippen LogP contribution in [-0.4, -0.2) is 43.8 Å². The summed E-state index contributed by atoms with van der Waals surface area (Å²) in [6.45, 7) is 7.24. The van der Waals surface area contributed by atoms with Crippen molar-refractivity contribution >= 4 is 6.09 Å². The molecule has 6 rings (SSSR count). The standard InChI is InChI=1S/C26H31FN2O3/c1-26(2)14-18-12-20(17-5-4-6-19(11-17)31-3)22(27)13-21(18)24(26)28-25(30)32-23-15-29-9-7-16(23)8-10-29/h4-6,11-13,16,23-24H,7-10,14-15H2,1-3H3,(H,28,30)/t23-,24-/m0/s1. The number of halogens is 1. The number of ether oxygens (including phenoxy) is 2. The fourth-order valence-corrected chi connectivity index (χ4v) is 5.69. The lowest BCUT2D eigenvalue weighted by molar-refractivity contribution is -0.0349. The first-order chi connectivity index (χ1) is 15.3. The third kappa shape index (κ3) is 3.85. The molecular weight excluding hydrogens is 407 g/mol. The number of hydrogen-bond acceptors (Lipinski definition) is 4. The highest BCUT2D eigenvalue weighted by atomic mass is 19.1. The average Bonchev–Trinajstić information content (AvgIpc) is 3.03. The summed E-state index contributed by atoms with van der Waals surface area (Å²) in [4.78, 5) is 15.2. The van der Waals surface area contributed by atoms with Gasteiger partial charge in [0, 0.05) is 12.1 Å². The van der Waals surface area contributed by atoms with Gasteiger partial charge >= 0.3 is 6.09 Å². The number of rotatable bonds is 4. The van der Waals surface area contributed by atoms with Gasteiger partial charge in [0.2, 0.25) is 0 Å². The van der Waals surface area contributed by atoms with Crippen LogP contribution in [0.3, 0.4) is 0 Å². The molecule has 0 spiro atoms. The summed E-state index contributed by atoms with van der Waals surface area (Å²) in [7, 11) is 1.60. The number of piperidine rings is 3. The van der Waals surface area contributed by atoms with Crippen LogP contribution in [0, 0.1) is 17.2 Å². The highest BCUT2D eigenvalue weighted by Gasteiger charge is 2.42. The van der Waals surface area contributed by atoms with Crippen molar-refractivity contribution in [2.24, 2.45) is 11.3 Å². The van der Waals surface area contributed by atoms with Crippen molar-refractivity contribution < 1.29 is 18.7 Å². The Kier molecular flexibility index (Phi) is 5.36. The molecule has 2 aromatic carbocycles. The molecule has 3 heterocycles. The van der Waals surface area contributed by atoms with Crippen molar-refractivity contribution in [3.05, 3.63) is 53.3 Å². The maximum absolute atomic E-state index is 15.2. The molecule has 5 nitrogen and oxygen atoms in total. The maximum atomic E-state index is 15.2. The van der Waals surface area contributed by atoms with Crippen molar-refractivity contribution in [2.75, 3.05) is 26.7 Å². The minimum Gasteiger partial charge on any atom is -0.497 e. The molecule has 1 aliphatic carbocycles. The van der Waals surface area contributed by atoms with Gasteiger partial charge in [0.25, 0.3) is 0 Å². The minimum atomic E-state index is -0.396. The summed E-state index contributed by atoms with van der Waals surface area (Å²) in [6.07, 6.45) is 2.49. The molecule has 0 radical (unpaired) electrons. The van der Waals surface area contributed by atoms with Crippen LogP contribution in [0.4, 0.5) is 9.18 Å². The molecular formula is C26H31FN2O3. The molecule has 0 unspecified atom stereocenters. The maximum Gasteiger partial charge on any atom is 0.407 e. The van der Waals surface area contributed by atoms with Crippen LogP contribution in [0.5, 0.6) is 5.75 Å². The normalized spacial score (nSPS) is 27.6. The zero-order valence-electron chi connectivity index (χ0n) is 19.0. The van der Waals surface area contributed by atoms with Gasteiger partial charge in [-0.2, -0.15) is 0 Å². The van der Waals surface area contributed by atoms with Gasteiger partial charge in [-0.3, -0.25) is 4.90 Å². The number of alkyl carbamates (subject to hydrolysis) is 1. The van der Waals surface area contributed by atoms with E-state index in [0.29, 0.717) is 17.2 Å². The molecule has 32 heavy (non-hydrogen) atoms. The summed E-state index contributed by atoms with van der Waals surface area (Å²) in [5.74, 6) is 0.850. The number of benzene rings is 2. The Balaban J connectivity index is 1.37. The molecule has 3 saturated heterocycles. The van der Waals surface area contributed by atoms with Gasteiger partial charge in [-0.1, -0.05) is 26.0 Å². The SMILES string of the molecule is COc1cccc(-c2cc3c(cc2F)[C@H](NC(=O)O[C@H]2CN4CCC2CC4)C(C)(C)C3)c1. The van der Waals surface area contributed by atoms with E-state index in [2.05, 4.69) is 24.1 Å². The van der Waals surface area contributed by atoms with E-state index in [-0.39, 0.29) is 23.4 Å². The number of carbonyl (C=O) groups excluding carboxylic acids is 1. The van der Waals surface area contributed by atoms with Crippen molar-refractivity contribution in [3.8, 4) is 16.9 Å². The lowest BCUT2D eigenvalue weighted by atomic mass is 9.85. The van der Waals surface area contributed by atoms with Crippen LogP contribution >= 0.6 is 0 Å². The number of amides is 1. The van der Waals surface area contributed by atoms with E-state index in [1.54, 1.807) is 13.2 Å². The Morgan fingerprint density at radius 3 is 2.66 bits per heavy atom. The smallest absolute Gasteiger partial charge is 0.407 e. The van der Waals surface area contributed by atoms with E-state index in [0.717, 1.165) is 55.6 Å². The average molecular weight is 439 g/mol. The Morgan fingerprint density at radius 2 is 1.97 bits per heavy atom. The Morgan fingerprint density at radius 1 is 1.19 bits per heavy atom. The van der Waals surface area contributed by atoms with Gasteiger partial charge in [-0.05, 0) is 84.6 Å². The number of fused-ring (bicyclic) bond motifs is 4. The van der Waals surface area contributed by atoms with E-state index in [9.17, 15) is 4.79 Å². The van der Waals surface area contributed by atoms with Crippen molar-refractivity contribution in [1.29, 1.82) is 0 Å². The number of carbonyl (C=O) groups is 1. The largest absolute Gasteiger partial charge is 0.497 e. The predicted molar refractivity (Wildman–Crippen MR) is 121 cm³/mol. The number of nitrogens with zero attached hydrogens (tertiary/aromatic N) is 1. The van der Waals surface area contributed by atoms with Gasteiger partial charge in [0.15, 0.2) is 0 Å². The van der Waals surface area contributed by atoms with Crippen molar-refractivity contribution in [2.45, 2.75) is 45.3 Å². The second-order valence-corrected chi connectivity index (χ2v) is 10.1. The summed E-state index contributed by atoms with van der Waals surface area (Å²) < 4.78 is 26.4. The fourth-order valence-electron chi connectivity index (χ4n) is 5.69. The van der Waals surface area contributed by atoms with E-state index in [1.807, 2.05) is 30.3 Å². The minimum absolute atomic E-state index is 0.0475. The highest BCUT2D eigenvalue weighted by Crippen LogP contribution is 2.47. The molecule has 0 aromatic heterocycles.